The molecule has 0 spiro atoms. The van der Waals surface area contributed by atoms with Crippen molar-refractivity contribution in [2.45, 2.75) is 19.9 Å². The second-order valence-corrected chi connectivity index (χ2v) is 5.21. The molecule has 2 N–H and O–H groups in total. The van der Waals surface area contributed by atoms with Gasteiger partial charge in [-0.15, -0.1) is 0 Å². The molecule has 0 aromatic heterocycles. The molecule has 0 bridgehead atoms. The minimum Gasteiger partial charge on any atom is -0.469 e. The Hall–Kier alpha value is -0.940. The molecule has 17 heavy (non-hydrogen) atoms. The lowest BCUT2D eigenvalue weighted by Gasteiger charge is -2.29. The number of nitrogens with two attached hydrogens (primary N) is 1. The van der Waals surface area contributed by atoms with Crippen molar-refractivity contribution in [3.05, 3.63) is 34.1 Å². The minimum absolute atomic E-state index is 0.390. The second kappa shape index (κ2) is 5.14. The van der Waals surface area contributed by atoms with Crippen LogP contribution < -0.4 is 5.73 Å². The lowest BCUT2D eigenvalue weighted by molar-refractivity contribution is -0.152. The highest BCUT2D eigenvalue weighted by atomic mass is 79.9. The molecule has 0 aliphatic carbocycles. The minimum atomic E-state index is -0.926. The van der Waals surface area contributed by atoms with Crippen molar-refractivity contribution in [1.29, 1.82) is 0 Å². The number of benzene rings is 1. The third-order valence-corrected chi connectivity index (χ3v) is 3.50. The molecule has 0 aliphatic rings. The second-order valence-electron chi connectivity index (χ2n) is 4.36. The van der Waals surface area contributed by atoms with Gasteiger partial charge in [-0.1, -0.05) is 15.9 Å². The van der Waals surface area contributed by atoms with Gasteiger partial charge in [0.15, 0.2) is 0 Å². The number of hydrogen-bond donors (Lipinski definition) is 1. The Balaban J connectivity index is 3.15. The Labute approximate surface area is 108 Å². The molecule has 5 heteroatoms. The van der Waals surface area contributed by atoms with E-state index in [1.807, 2.05) is 0 Å². The maximum absolute atomic E-state index is 13.2. The molecule has 0 fully saturated rings. The number of esters is 1. The molecule has 0 heterocycles. The van der Waals surface area contributed by atoms with E-state index in [-0.39, 0.29) is 5.82 Å². The van der Waals surface area contributed by atoms with Gasteiger partial charge in [0.25, 0.3) is 0 Å². The summed E-state index contributed by atoms with van der Waals surface area (Å²) in [5.41, 5.74) is 5.64. The number of hydrogen-bond acceptors (Lipinski definition) is 3. The van der Waals surface area contributed by atoms with Crippen LogP contribution in [0.2, 0.25) is 0 Å². The van der Waals surface area contributed by atoms with Crippen molar-refractivity contribution in [3.8, 4) is 0 Å². The monoisotopic (exact) mass is 303 g/mol. The van der Waals surface area contributed by atoms with Crippen molar-refractivity contribution in [3.63, 3.8) is 0 Å². The number of methoxy groups -OCH3 is 1. The Morgan fingerprint density at radius 1 is 1.53 bits per heavy atom. The molecule has 94 valence electrons. The van der Waals surface area contributed by atoms with E-state index < -0.39 is 17.4 Å². The lowest BCUT2D eigenvalue weighted by Crippen LogP contribution is -2.37. The summed E-state index contributed by atoms with van der Waals surface area (Å²) >= 11 is 3.30. The van der Waals surface area contributed by atoms with Crippen molar-refractivity contribution in [2.24, 2.45) is 11.1 Å². The van der Waals surface area contributed by atoms with Gasteiger partial charge in [-0.2, -0.15) is 0 Å². The van der Waals surface area contributed by atoms with Crippen molar-refractivity contribution in [2.75, 3.05) is 7.11 Å². The molecule has 1 rings (SSSR count). The molecular weight excluding hydrogens is 289 g/mol. The quantitative estimate of drug-likeness (QED) is 0.874. The van der Waals surface area contributed by atoms with Crippen molar-refractivity contribution >= 4 is 21.9 Å². The van der Waals surface area contributed by atoms with E-state index in [1.165, 1.54) is 19.2 Å². The van der Waals surface area contributed by atoms with Gasteiger partial charge >= 0.3 is 5.97 Å². The van der Waals surface area contributed by atoms with Gasteiger partial charge in [-0.3, -0.25) is 4.79 Å². The fourth-order valence-electron chi connectivity index (χ4n) is 1.53. The first-order valence-corrected chi connectivity index (χ1v) is 5.89. The summed E-state index contributed by atoms with van der Waals surface area (Å²) in [7, 11) is 1.30. The number of halogens is 2. The van der Waals surface area contributed by atoms with Crippen LogP contribution in [0.3, 0.4) is 0 Å². The third kappa shape index (κ3) is 2.84. The highest BCUT2D eigenvalue weighted by molar-refractivity contribution is 9.10. The number of rotatable bonds is 3. The van der Waals surface area contributed by atoms with Crippen LogP contribution in [0, 0.1) is 11.2 Å². The first-order chi connectivity index (χ1) is 7.80. The topological polar surface area (TPSA) is 52.3 Å². The zero-order valence-corrected chi connectivity index (χ0v) is 11.5. The maximum atomic E-state index is 13.2. The van der Waals surface area contributed by atoms with Crippen molar-refractivity contribution in [1.82, 2.24) is 0 Å². The Bertz CT molecular complexity index is 435. The SMILES string of the molecule is COC(=O)C(C)(C)[C@@H](N)c1cc(F)ccc1Br. The van der Waals surface area contributed by atoms with Crippen LogP contribution in [0.5, 0.6) is 0 Å². The molecule has 3 nitrogen and oxygen atoms in total. The summed E-state index contributed by atoms with van der Waals surface area (Å²) in [5.74, 6) is -0.819. The van der Waals surface area contributed by atoms with E-state index in [2.05, 4.69) is 15.9 Å². The molecule has 1 aromatic carbocycles. The number of carbonyl (C=O) groups excluding carboxylic acids is 1. The third-order valence-electron chi connectivity index (χ3n) is 2.78. The summed E-state index contributed by atoms with van der Waals surface area (Å²) in [6, 6.07) is 3.56. The molecule has 0 saturated carbocycles. The maximum Gasteiger partial charge on any atom is 0.313 e. The van der Waals surface area contributed by atoms with Crippen LogP contribution in [-0.2, 0) is 9.53 Å². The number of carbonyl (C=O) groups is 1. The van der Waals surface area contributed by atoms with Crippen LogP contribution in [0.4, 0.5) is 4.39 Å². The highest BCUT2D eigenvalue weighted by Crippen LogP contribution is 2.36. The zero-order chi connectivity index (χ0) is 13.2. The van der Waals surface area contributed by atoms with Gasteiger partial charge in [0.1, 0.15) is 5.82 Å². The Morgan fingerprint density at radius 2 is 2.12 bits per heavy atom. The van der Waals surface area contributed by atoms with Gasteiger partial charge in [0, 0.05) is 10.5 Å². The first kappa shape index (κ1) is 14.1. The van der Waals surface area contributed by atoms with E-state index in [0.29, 0.717) is 10.0 Å². The standard InChI is InChI=1S/C12H15BrFNO2/c1-12(2,11(16)17-3)10(15)8-6-7(14)4-5-9(8)13/h4-6,10H,15H2,1-3H3/t10-/m0/s1. The lowest BCUT2D eigenvalue weighted by atomic mass is 9.81. The van der Waals surface area contributed by atoms with Gasteiger partial charge in [-0.05, 0) is 37.6 Å². The molecule has 0 amide bonds. The van der Waals surface area contributed by atoms with Crippen LogP contribution in [0.15, 0.2) is 22.7 Å². The summed E-state index contributed by atoms with van der Waals surface area (Å²) < 4.78 is 18.6. The largest absolute Gasteiger partial charge is 0.469 e. The van der Waals surface area contributed by atoms with E-state index in [9.17, 15) is 9.18 Å². The smallest absolute Gasteiger partial charge is 0.313 e. The summed E-state index contributed by atoms with van der Waals surface area (Å²) in [5, 5.41) is 0. The van der Waals surface area contributed by atoms with E-state index >= 15 is 0 Å². The predicted octanol–water partition coefficient (Wildman–Crippen LogP) is 2.79. The summed E-state index contributed by atoms with van der Waals surface area (Å²) in [6.45, 7) is 3.34. The van der Waals surface area contributed by atoms with Crippen LogP contribution in [0.25, 0.3) is 0 Å². The average Bonchev–Trinajstić information content (AvgIpc) is 2.30. The first-order valence-electron chi connectivity index (χ1n) is 5.09. The predicted molar refractivity (Wildman–Crippen MR) is 66.8 cm³/mol. The molecule has 0 unspecified atom stereocenters. The molecule has 1 aromatic rings. The van der Waals surface area contributed by atoms with E-state index in [0.717, 1.165) is 0 Å². The molecular formula is C12H15BrFNO2. The molecule has 0 saturated heterocycles. The average molecular weight is 304 g/mol. The van der Waals surface area contributed by atoms with Crippen LogP contribution in [-0.4, -0.2) is 13.1 Å². The van der Waals surface area contributed by atoms with E-state index in [1.54, 1.807) is 19.9 Å². The highest BCUT2D eigenvalue weighted by Gasteiger charge is 2.37. The fraction of sp³-hybridized carbons (Fsp3) is 0.417. The van der Waals surface area contributed by atoms with Gasteiger partial charge in [-0.25, -0.2) is 4.39 Å². The molecule has 0 radical (unpaired) electrons. The normalized spacial score (nSPS) is 13.3. The summed E-state index contributed by atoms with van der Waals surface area (Å²) in [4.78, 5) is 11.6. The summed E-state index contributed by atoms with van der Waals surface area (Å²) in [6.07, 6.45) is 0. The Kier molecular flexibility index (Phi) is 4.27. The van der Waals surface area contributed by atoms with Crippen LogP contribution in [0.1, 0.15) is 25.5 Å². The van der Waals surface area contributed by atoms with Gasteiger partial charge < -0.3 is 10.5 Å². The zero-order valence-electron chi connectivity index (χ0n) is 9.96. The molecule has 1 atom stereocenters. The van der Waals surface area contributed by atoms with Crippen LogP contribution >= 0.6 is 15.9 Å². The number of ether oxygens (including phenoxy) is 1. The van der Waals surface area contributed by atoms with Gasteiger partial charge in [0.05, 0.1) is 12.5 Å². The molecule has 0 aliphatic heterocycles. The van der Waals surface area contributed by atoms with Gasteiger partial charge in [0.2, 0.25) is 0 Å². The Morgan fingerprint density at radius 3 is 2.65 bits per heavy atom. The fourth-order valence-corrected chi connectivity index (χ4v) is 2.02. The van der Waals surface area contributed by atoms with E-state index in [4.69, 9.17) is 10.5 Å². The van der Waals surface area contributed by atoms with Crippen molar-refractivity contribution < 1.29 is 13.9 Å².